The minimum atomic E-state index is -3.11. The van der Waals surface area contributed by atoms with E-state index in [0.717, 1.165) is 11.8 Å². The number of carboxylic acids is 1. The van der Waals surface area contributed by atoms with Crippen LogP contribution in [0.1, 0.15) is 10.4 Å². The number of aryl methyl sites for hydroxylation is 1. The van der Waals surface area contributed by atoms with E-state index >= 15 is 0 Å². The Morgan fingerprint density at radius 3 is 2.79 bits per heavy atom. The minimum Gasteiger partial charge on any atom is -0.478 e. The first kappa shape index (κ1) is 13.8. The van der Waals surface area contributed by atoms with Crippen LogP contribution in [-0.2, 0) is 16.4 Å². The second kappa shape index (κ2) is 5.14. The molecule has 0 atom stereocenters. The van der Waals surface area contributed by atoms with Gasteiger partial charge in [0.05, 0.1) is 12.3 Å². The summed E-state index contributed by atoms with van der Waals surface area (Å²) >= 11 is 1.44. The van der Waals surface area contributed by atoms with E-state index in [1.807, 2.05) is 5.38 Å². The molecular formula is C11H12N2O4S2. The largest absolute Gasteiger partial charge is 0.478 e. The van der Waals surface area contributed by atoms with E-state index in [0.29, 0.717) is 5.69 Å². The monoisotopic (exact) mass is 300 g/mol. The Morgan fingerprint density at radius 2 is 2.26 bits per heavy atom. The summed E-state index contributed by atoms with van der Waals surface area (Å²) in [6.45, 7) is 0.142. The van der Waals surface area contributed by atoms with E-state index in [-0.39, 0.29) is 17.9 Å². The lowest BCUT2D eigenvalue weighted by Crippen LogP contribution is -2.11. The number of carbonyl (C=O) groups is 1. The summed E-state index contributed by atoms with van der Waals surface area (Å²) in [4.78, 5) is 11.2. The maximum Gasteiger partial charge on any atom is 0.339 e. The van der Waals surface area contributed by atoms with E-state index in [2.05, 4.69) is 5.10 Å². The summed E-state index contributed by atoms with van der Waals surface area (Å²) < 4.78 is 23.6. The molecule has 0 aliphatic carbocycles. The van der Waals surface area contributed by atoms with Crippen molar-refractivity contribution in [3.8, 4) is 11.3 Å². The second-order valence-corrected chi connectivity index (χ2v) is 7.14. The molecule has 0 radical (unpaired) electrons. The molecule has 102 valence electrons. The van der Waals surface area contributed by atoms with Crippen LogP contribution in [0.15, 0.2) is 23.0 Å². The normalized spacial score (nSPS) is 11.6. The SMILES string of the molecule is CS(=O)(=O)CCn1cc(C(=O)O)c(-c2ccsc2)n1. The van der Waals surface area contributed by atoms with Crippen molar-refractivity contribution in [1.29, 1.82) is 0 Å². The van der Waals surface area contributed by atoms with Crippen molar-refractivity contribution in [1.82, 2.24) is 9.78 Å². The molecule has 0 unspecified atom stereocenters. The van der Waals surface area contributed by atoms with Gasteiger partial charge in [0, 0.05) is 23.4 Å². The lowest BCUT2D eigenvalue weighted by Gasteiger charge is -1.98. The fourth-order valence-electron chi connectivity index (χ4n) is 1.56. The molecule has 0 amide bonds. The molecule has 0 saturated carbocycles. The van der Waals surface area contributed by atoms with Crippen LogP contribution in [0.25, 0.3) is 11.3 Å². The van der Waals surface area contributed by atoms with Crippen molar-refractivity contribution < 1.29 is 18.3 Å². The molecule has 0 aromatic carbocycles. The van der Waals surface area contributed by atoms with Crippen LogP contribution in [0, 0.1) is 0 Å². The first-order valence-electron chi connectivity index (χ1n) is 5.38. The van der Waals surface area contributed by atoms with Gasteiger partial charge in [-0.1, -0.05) is 0 Å². The third-order valence-electron chi connectivity index (χ3n) is 2.48. The molecule has 6 nitrogen and oxygen atoms in total. The number of thiophene rings is 1. The van der Waals surface area contributed by atoms with Crippen molar-refractivity contribution in [3.05, 3.63) is 28.6 Å². The van der Waals surface area contributed by atoms with Crippen LogP contribution in [-0.4, -0.2) is 41.3 Å². The standard InChI is InChI=1S/C11H12N2O4S2/c1-19(16,17)5-3-13-6-9(11(14)15)10(12-13)8-2-4-18-7-8/h2,4,6-7H,3,5H2,1H3,(H,14,15). The quantitative estimate of drug-likeness (QED) is 0.900. The van der Waals surface area contributed by atoms with E-state index < -0.39 is 15.8 Å². The highest BCUT2D eigenvalue weighted by atomic mass is 32.2. The Kier molecular flexibility index (Phi) is 3.72. The number of rotatable bonds is 5. The molecule has 2 rings (SSSR count). The van der Waals surface area contributed by atoms with Gasteiger partial charge in [-0.05, 0) is 11.4 Å². The van der Waals surface area contributed by atoms with Crippen LogP contribution in [0.3, 0.4) is 0 Å². The van der Waals surface area contributed by atoms with Crippen molar-refractivity contribution in [2.75, 3.05) is 12.0 Å². The molecule has 2 aromatic rings. The van der Waals surface area contributed by atoms with E-state index in [4.69, 9.17) is 5.11 Å². The first-order valence-corrected chi connectivity index (χ1v) is 8.38. The average Bonchev–Trinajstić information content (AvgIpc) is 2.94. The molecule has 0 aliphatic heterocycles. The number of hydrogen-bond donors (Lipinski definition) is 1. The van der Waals surface area contributed by atoms with Gasteiger partial charge in [-0.3, -0.25) is 4.68 Å². The Hall–Kier alpha value is -1.67. The molecular weight excluding hydrogens is 288 g/mol. The Bertz CT molecular complexity index is 686. The first-order chi connectivity index (χ1) is 8.87. The lowest BCUT2D eigenvalue weighted by atomic mass is 10.1. The van der Waals surface area contributed by atoms with Crippen molar-refractivity contribution >= 4 is 27.1 Å². The third kappa shape index (κ3) is 3.42. The van der Waals surface area contributed by atoms with Gasteiger partial charge in [0.2, 0.25) is 0 Å². The van der Waals surface area contributed by atoms with Gasteiger partial charge < -0.3 is 5.11 Å². The third-order valence-corrected chi connectivity index (χ3v) is 4.09. The van der Waals surface area contributed by atoms with Gasteiger partial charge in [0.25, 0.3) is 0 Å². The van der Waals surface area contributed by atoms with Gasteiger partial charge in [-0.25, -0.2) is 13.2 Å². The highest BCUT2D eigenvalue weighted by Crippen LogP contribution is 2.24. The smallest absolute Gasteiger partial charge is 0.339 e. The van der Waals surface area contributed by atoms with E-state index in [1.54, 1.807) is 11.4 Å². The lowest BCUT2D eigenvalue weighted by molar-refractivity contribution is 0.0697. The zero-order valence-corrected chi connectivity index (χ0v) is 11.7. The molecule has 0 bridgehead atoms. The van der Waals surface area contributed by atoms with E-state index in [9.17, 15) is 13.2 Å². The van der Waals surface area contributed by atoms with Gasteiger partial charge in [0.1, 0.15) is 21.1 Å². The van der Waals surface area contributed by atoms with Gasteiger partial charge in [0.15, 0.2) is 0 Å². The Labute approximate surface area is 114 Å². The van der Waals surface area contributed by atoms with Gasteiger partial charge in [-0.15, -0.1) is 0 Å². The number of sulfone groups is 1. The second-order valence-electron chi connectivity index (χ2n) is 4.10. The van der Waals surface area contributed by atoms with Crippen molar-refractivity contribution in [3.63, 3.8) is 0 Å². The summed E-state index contributed by atoms with van der Waals surface area (Å²) in [6.07, 6.45) is 2.49. The topological polar surface area (TPSA) is 89.3 Å². The summed E-state index contributed by atoms with van der Waals surface area (Å²) in [5, 5.41) is 16.9. The van der Waals surface area contributed by atoms with Crippen molar-refractivity contribution in [2.24, 2.45) is 0 Å². The summed E-state index contributed by atoms with van der Waals surface area (Å²) in [5.41, 5.74) is 1.16. The predicted octanol–water partition coefficient (Wildman–Crippen LogP) is 1.35. The molecule has 0 saturated heterocycles. The highest BCUT2D eigenvalue weighted by molar-refractivity contribution is 7.90. The Balaban J connectivity index is 2.33. The molecule has 8 heteroatoms. The number of aromatic nitrogens is 2. The zero-order chi connectivity index (χ0) is 14.0. The molecule has 0 aliphatic rings. The van der Waals surface area contributed by atoms with Crippen LogP contribution >= 0.6 is 11.3 Å². The summed E-state index contributed by atoms with van der Waals surface area (Å²) in [5.74, 6) is -1.15. The number of aromatic carboxylic acids is 1. The van der Waals surface area contributed by atoms with E-state index in [1.165, 1.54) is 22.2 Å². The fraction of sp³-hybridized carbons (Fsp3) is 0.273. The molecule has 2 aromatic heterocycles. The van der Waals surface area contributed by atoms with Gasteiger partial charge >= 0.3 is 5.97 Å². The molecule has 0 spiro atoms. The van der Waals surface area contributed by atoms with Crippen molar-refractivity contribution in [2.45, 2.75) is 6.54 Å². The number of hydrogen-bond acceptors (Lipinski definition) is 5. The Morgan fingerprint density at radius 1 is 1.53 bits per heavy atom. The molecule has 0 fully saturated rings. The summed E-state index contributed by atoms with van der Waals surface area (Å²) in [6, 6.07) is 1.78. The van der Waals surface area contributed by atoms with Crippen LogP contribution in [0.5, 0.6) is 0 Å². The number of carboxylic acid groups (broad SMARTS) is 1. The molecule has 19 heavy (non-hydrogen) atoms. The number of nitrogens with zero attached hydrogens (tertiary/aromatic N) is 2. The van der Waals surface area contributed by atoms with Gasteiger partial charge in [-0.2, -0.15) is 16.4 Å². The molecule has 2 heterocycles. The van der Waals surface area contributed by atoms with Crippen LogP contribution < -0.4 is 0 Å². The molecule has 1 N–H and O–H groups in total. The van der Waals surface area contributed by atoms with Crippen LogP contribution in [0.4, 0.5) is 0 Å². The maximum atomic E-state index is 11.2. The summed E-state index contributed by atoms with van der Waals surface area (Å²) in [7, 11) is -3.11. The minimum absolute atomic E-state index is 0.0726. The maximum absolute atomic E-state index is 11.2. The average molecular weight is 300 g/mol. The zero-order valence-electron chi connectivity index (χ0n) is 10.1. The predicted molar refractivity (Wildman–Crippen MR) is 72.2 cm³/mol. The highest BCUT2D eigenvalue weighted by Gasteiger charge is 2.17. The van der Waals surface area contributed by atoms with Crippen LogP contribution in [0.2, 0.25) is 0 Å². The fourth-order valence-corrected chi connectivity index (χ4v) is 2.72.